The van der Waals surface area contributed by atoms with Gasteiger partial charge in [-0.1, -0.05) is 39.3 Å². The molecule has 0 aliphatic rings. The smallest absolute Gasteiger partial charge is 0.331 e. The molecule has 0 rings (SSSR count). The third kappa shape index (κ3) is 11.8. The second-order valence-corrected chi connectivity index (χ2v) is 8.88. The van der Waals surface area contributed by atoms with Gasteiger partial charge in [0, 0.05) is 12.2 Å². The molecule has 0 aliphatic heterocycles. The number of hydrogen-bond acceptors (Lipinski definition) is 4. The first-order valence-electron chi connectivity index (χ1n) is 10.5. The molecule has 6 atom stereocenters. The van der Waals surface area contributed by atoms with Gasteiger partial charge >= 0.3 is 11.9 Å². The standard InChI is InChI=1S/C23H40O6/c1-14(9-20(13-24)10-16(3)8-17(4)19(6)25)7-15(2)11-21(23(28)29)12-18(5)22(26)27/h7,11,14,16-20,24-25H,8-10,12-13H2,1-6H3,(H,26,27)(H,28,29)/b15-7+,21-11-/t14-,16+,17+,18-,19+,20+/m0/s1. The lowest BCUT2D eigenvalue weighted by Gasteiger charge is -2.24. The molecule has 6 heteroatoms. The molecule has 0 saturated carbocycles. The van der Waals surface area contributed by atoms with Gasteiger partial charge < -0.3 is 20.4 Å². The van der Waals surface area contributed by atoms with Crippen LogP contribution in [0.2, 0.25) is 0 Å². The van der Waals surface area contributed by atoms with Crippen molar-refractivity contribution in [3.8, 4) is 0 Å². The molecule has 0 amide bonds. The minimum Gasteiger partial charge on any atom is -0.481 e. The predicted octanol–water partition coefficient (Wildman–Crippen LogP) is 4.12. The fraction of sp³-hybridized carbons (Fsp3) is 0.739. The zero-order chi connectivity index (χ0) is 22.7. The van der Waals surface area contributed by atoms with E-state index in [1.165, 1.54) is 6.92 Å². The molecule has 168 valence electrons. The topological polar surface area (TPSA) is 115 Å². The SMILES string of the molecule is CC(/C=C(/C[C@H](C)C(=O)O)C(=O)O)=C\[C@H](C)C[C@@H](CO)C[C@H](C)C[C@@H](C)[C@@H](C)O. The van der Waals surface area contributed by atoms with Crippen LogP contribution in [0.3, 0.4) is 0 Å². The van der Waals surface area contributed by atoms with Gasteiger partial charge in [-0.05, 0) is 69.3 Å². The Balaban J connectivity index is 4.97. The molecule has 29 heavy (non-hydrogen) atoms. The number of aliphatic hydroxyl groups is 2. The number of allylic oxidation sites excluding steroid dienone is 3. The summed E-state index contributed by atoms with van der Waals surface area (Å²) in [7, 11) is 0. The van der Waals surface area contributed by atoms with E-state index in [1.54, 1.807) is 13.0 Å². The minimum atomic E-state index is -1.10. The average molecular weight is 413 g/mol. The first-order chi connectivity index (χ1) is 13.4. The van der Waals surface area contributed by atoms with Crippen LogP contribution in [0.1, 0.15) is 67.2 Å². The van der Waals surface area contributed by atoms with Crippen LogP contribution in [0.25, 0.3) is 0 Å². The fourth-order valence-corrected chi connectivity index (χ4v) is 3.73. The zero-order valence-electron chi connectivity index (χ0n) is 18.8. The lowest BCUT2D eigenvalue weighted by molar-refractivity contribution is -0.141. The van der Waals surface area contributed by atoms with Gasteiger partial charge in [-0.3, -0.25) is 4.79 Å². The van der Waals surface area contributed by atoms with Crippen molar-refractivity contribution in [2.45, 2.75) is 73.3 Å². The van der Waals surface area contributed by atoms with Gasteiger partial charge in [0.15, 0.2) is 0 Å². The summed E-state index contributed by atoms with van der Waals surface area (Å²) in [5, 5.41) is 37.8. The number of carbonyl (C=O) groups is 2. The monoisotopic (exact) mass is 412 g/mol. The molecule has 0 aromatic carbocycles. The molecule has 0 heterocycles. The molecule has 4 N–H and O–H groups in total. The van der Waals surface area contributed by atoms with Gasteiger partial charge in [-0.15, -0.1) is 0 Å². The summed E-state index contributed by atoms with van der Waals surface area (Å²) in [6.07, 6.45) is 5.71. The van der Waals surface area contributed by atoms with E-state index in [9.17, 15) is 24.9 Å². The van der Waals surface area contributed by atoms with E-state index in [0.717, 1.165) is 24.8 Å². The summed E-state index contributed by atoms with van der Waals surface area (Å²) in [6.45, 7) is 11.4. The van der Waals surface area contributed by atoms with Gasteiger partial charge in [-0.2, -0.15) is 0 Å². The number of carboxylic acids is 2. The minimum absolute atomic E-state index is 0.0253. The molecule has 0 spiro atoms. The van der Waals surface area contributed by atoms with Crippen molar-refractivity contribution in [3.05, 3.63) is 23.3 Å². The Morgan fingerprint density at radius 3 is 2.00 bits per heavy atom. The Bertz CT molecular complexity index is 578. The zero-order valence-corrected chi connectivity index (χ0v) is 18.8. The van der Waals surface area contributed by atoms with Crippen molar-refractivity contribution in [1.29, 1.82) is 0 Å². The average Bonchev–Trinajstić information content (AvgIpc) is 2.59. The van der Waals surface area contributed by atoms with Crippen molar-refractivity contribution in [3.63, 3.8) is 0 Å². The van der Waals surface area contributed by atoms with Gasteiger partial charge in [0.2, 0.25) is 0 Å². The largest absolute Gasteiger partial charge is 0.481 e. The number of carboxylic acid groups (broad SMARTS) is 2. The van der Waals surface area contributed by atoms with E-state index in [4.69, 9.17) is 5.11 Å². The number of aliphatic carboxylic acids is 2. The number of rotatable bonds is 14. The van der Waals surface area contributed by atoms with E-state index in [2.05, 4.69) is 6.92 Å². The van der Waals surface area contributed by atoms with Crippen LogP contribution in [0.5, 0.6) is 0 Å². The Hall–Kier alpha value is -1.66. The molecule has 0 radical (unpaired) electrons. The van der Waals surface area contributed by atoms with E-state index in [1.807, 2.05) is 26.8 Å². The summed E-state index contributed by atoms with van der Waals surface area (Å²) in [5.41, 5.74) is 0.861. The van der Waals surface area contributed by atoms with Gasteiger partial charge in [0.05, 0.1) is 12.0 Å². The molecule has 0 aliphatic carbocycles. The van der Waals surface area contributed by atoms with Crippen LogP contribution >= 0.6 is 0 Å². The second-order valence-electron chi connectivity index (χ2n) is 8.88. The lowest BCUT2D eigenvalue weighted by atomic mass is 9.83. The summed E-state index contributed by atoms with van der Waals surface area (Å²) in [4.78, 5) is 22.4. The van der Waals surface area contributed by atoms with Crippen molar-refractivity contribution < 1.29 is 30.0 Å². The molecular weight excluding hydrogens is 372 g/mol. The van der Waals surface area contributed by atoms with Crippen LogP contribution in [0.15, 0.2) is 23.3 Å². The highest BCUT2D eigenvalue weighted by Crippen LogP contribution is 2.26. The fourth-order valence-electron chi connectivity index (χ4n) is 3.73. The van der Waals surface area contributed by atoms with Gasteiger partial charge in [-0.25, -0.2) is 4.79 Å². The third-order valence-electron chi connectivity index (χ3n) is 5.47. The molecule has 0 aromatic heterocycles. The molecule has 0 fully saturated rings. The van der Waals surface area contributed by atoms with E-state index >= 15 is 0 Å². The highest BCUT2D eigenvalue weighted by molar-refractivity contribution is 5.88. The molecular formula is C23H40O6. The predicted molar refractivity (Wildman–Crippen MR) is 114 cm³/mol. The molecule has 0 unspecified atom stereocenters. The summed E-state index contributed by atoms with van der Waals surface area (Å²) >= 11 is 0. The molecule has 6 nitrogen and oxygen atoms in total. The number of aliphatic hydroxyl groups excluding tert-OH is 2. The van der Waals surface area contributed by atoms with Crippen LogP contribution in [0.4, 0.5) is 0 Å². The van der Waals surface area contributed by atoms with Crippen molar-refractivity contribution in [2.24, 2.45) is 29.6 Å². The number of hydrogen-bond donors (Lipinski definition) is 4. The maximum atomic E-state index is 11.4. The van der Waals surface area contributed by atoms with E-state index in [-0.39, 0.29) is 42.5 Å². The van der Waals surface area contributed by atoms with E-state index < -0.39 is 17.9 Å². The maximum absolute atomic E-state index is 11.4. The molecule has 0 bridgehead atoms. The highest BCUT2D eigenvalue weighted by atomic mass is 16.4. The van der Waals surface area contributed by atoms with Gasteiger partial charge in [0.25, 0.3) is 0 Å². The summed E-state index contributed by atoms with van der Waals surface area (Å²) in [5.74, 6) is -1.98. The van der Waals surface area contributed by atoms with Crippen molar-refractivity contribution in [1.82, 2.24) is 0 Å². The van der Waals surface area contributed by atoms with E-state index in [0.29, 0.717) is 5.92 Å². The van der Waals surface area contributed by atoms with Gasteiger partial charge in [0.1, 0.15) is 0 Å². The highest BCUT2D eigenvalue weighted by Gasteiger charge is 2.20. The Kier molecular flexibility index (Phi) is 12.8. The second kappa shape index (κ2) is 13.5. The van der Waals surface area contributed by atoms with Crippen molar-refractivity contribution >= 4 is 11.9 Å². The maximum Gasteiger partial charge on any atom is 0.331 e. The Morgan fingerprint density at radius 1 is 0.966 bits per heavy atom. The lowest BCUT2D eigenvalue weighted by Crippen LogP contribution is -2.19. The Labute approximate surface area is 175 Å². The van der Waals surface area contributed by atoms with Crippen LogP contribution in [-0.4, -0.2) is 45.1 Å². The van der Waals surface area contributed by atoms with Crippen LogP contribution in [0, 0.1) is 29.6 Å². The summed E-state index contributed by atoms with van der Waals surface area (Å²) < 4.78 is 0. The molecule has 0 saturated heterocycles. The van der Waals surface area contributed by atoms with Crippen molar-refractivity contribution in [2.75, 3.05) is 6.61 Å². The first kappa shape index (κ1) is 27.3. The normalized spacial score (nSPS) is 19.2. The Morgan fingerprint density at radius 2 is 1.55 bits per heavy atom. The third-order valence-corrected chi connectivity index (χ3v) is 5.47. The van der Waals surface area contributed by atoms with Crippen LogP contribution in [-0.2, 0) is 9.59 Å². The molecule has 0 aromatic rings. The first-order valence-corrected chi connectivity index (χ1v) is 10.5. The van der Waals surface area contributed by atoms with Crippen LogP contribution < -0.4 is 0 Å². The quantitative estimate of drug-likeness (QED) is 0.252. The summed E-state index contributed by atoms with van der Waals surface area (Å²) in [6, 6.07) is 0.